The second-order valence-corrected chi connectivity index (χ2v) is 5.25. The van der Waals surface area contributed by atoms with Crippen molar-refractivity contribution >= 4 is 17.5 Å². The largest absolute Gasteiger partial charge is 0.343 e. The molecule has 2 N–H and O–H groups in total. The van der Waals surface area contributed by atoms with E-state index in [4.69, 9.17) is 17.3 Å². The molecule has 106 valence electrons. The number of hydrogen-bond donors (Lipinski definition) is 1. The highest BCUT2D eigenvalue weighted by Crippen LogP contribution is 2.24. The fourth-order valence-corrected chi connectivity index (χ4v) is 2.19. The molecule has 6 heteroatoms. The molecule has 20 heavy (non-hydrogen) atoms. The molecule has 0 saturated carbocycles. The van der Waals surface area contributed by atoms with E-state index in [1.54, 1.807) is 37.1 Å². The van der Waals surface area contributed by atoms with E-state index in [-0.39, 0.29) is 11.9 Å². The normalized spacial score (nSPS) is 12.2. The molecule has 0 spiro atoms. The van der Waals surface area contributed by atoms with Gasteiger partial charge >= 0.3 is 0 Å². The van der Waals surface area contributed by atoms with Crippen LogP contribution in [0.25, 0.3) is 5.69 Å². The number of benzene rings is 1. The SMILES string of the molecule is CC(N)c1ccc(-n2ccc(C(=O)N(C)C)n2)cc1Cl. The second kappa shape index (κ2) is 5.64. The summed E-state index contributed by atoms with van der Waals surface area (Å²) in [4.78, 5) is 13.3. The van der Waals surface area contributed by atoms with Gasteiger partial charge in [0.1, 0.15) is 0 Å². The van der Waals surface area contributed by atoms with Crippen molar-refractivity contribution in [2.24, 2.45) is 5.73 Å². The van der Waals surface area contributed by atoms with Gasteiger partial charge in [-0.2, -0.15) is 5.10 Å². The number of carbonyl (C=O) groups is 1. The van der Waals surface area contributed by atoms with E-state index >= 15 is 0 Å². The Morgan fingerprint density at radius 3 is 2.65 bits per heavy atom. The van der Waals surface area contributed by atoms with Gasteiger partial charge < -0.3 is 10.6 Å². The van der Waals surface area contributed by atoms with Gasteiger partial charge in [0.15, 0.2) is 5.69 Å². The smallest absolute Gasteiger partial charge is 0.273 e. The molecule has 0 radical (unpaired) electrons. The lowest BCUT2D eigenvalue weighted by Gasteiger charge is -2.10. The Bertz CT molecular complexity index is 634. The number of aromatic nitrogens is 2. The van der Waals surface area contributed by atoms with Crippen molar-refractivity contribution in [3.8, 4) is 5.69 Å². The van der Waals surface area contributed by atoms with Gasteiger partial charge in [-0.25, -0.2) is 4.68 Å². The fourth-order valence-electron chi connectivity index (χ4n) is 1.84. The predicted molar refractivity (Wildman–Crippen MR) is 79.2 cm³/mol. The molecule has 0 bridgehead atoms. The number of nitrogens with zero attached hydrogens (tertiary/aromatic N) is 3. The summed E-state index contributed by atoms with van der Waals surface area (Å²) >= 11 is 6.20. The number of hydrogen-bond acceptors (Lipinski definition) is 3. The molecule has 1 atom stereocenters. The third-order valence-corrected chi connectivity index (χ3v) is 3.28. The maximum atomic E-state index is 11.8. The number of amides is 1. The summed E-state index contributed by atoms with van der Waals surface area (Å²) in [5.74, 6) is -0.137. The molecular formula is C14H17ClN4O. The maximum absolute atomic E-state index is 11.8. The van der Waals surface area contributed by atoms with E-state index in [0.29, 0.717) is 10.7 Å². The van der Waals surface area contributed by atoms with Crippen LogP contribution in [0.4, 0.5) is 0 Å². The van der Waals surface area contributed by atoms with Gasteiger partial charge in [-0.1, -0.05) is 17.7 Å². The van der Waals surface area contributed by atoms with Gasteiger partial charge in [0.25, 0.3) is 5.91 Å². The third-order valence-electron chi connectivity index (χ3n) is 2.95. The van der Waals surface area contributed by atoms with Crippen LogP contribution in [-0.4, -0.2) is 34.7 Å². The summed E-state index contributed by atoms with van der Waals surface area (Å²) in [7, 11) is 3.38. The zero-order valence-electron chi connectivity index (χ0n) is 11.7. The zero-order chi connectivity index (χ0) is 14.9. The average molecular weight is 293 g/mol. The van der Waals surface area contributed by atoms with Gasteiger partial charge in [-0.05, 0) is 30.7 Å². The second-order valence-electron chi connectivity index (χ2n) is 4.84. The Morgan fingerprint density at radius 2 is 2.10 bits per heavy atom. The molecule has 2 aromatic rings. The first-order chi connectivity index (χ1) is 9.40. The van der Waals surface area contributed by atoms with Crippen LogP contribution in [0.2, 0.25) is 5.02 Å². The van der Waals surface area contributed by atoms with Gasteiger partial charge in [-0.15, -0.1) is 0 Å². The quantitative estimate of drug-likeness (QED) is 0.943. The van der Waals surface area contributed by atoms with Crippen molar-refractivity contribution in [2.75, 3.05) is 14.1 Å². The van der Waals surface area contributed by atoms with Crippen molar-refractivity contribution in [2.45, 2.75) is 13.0 Å². The molecule has 1 heterocycles. The van der Waals surface area contributed by atoms with E-state index in [9.17, 15) is 4.79 Å². The Hall–Kier alpha value is -1.85. The fraction of sp³-hybridized carbons (Fsp3) is 0.286. The molecule has 0 aliphatic carbocycles. The van der Waals surface area contributed by atoms with E-state index < -0.39 is 0 Å². The summed E-state index contributed by atoms with van der Waals surface area (Å²) in [6, 6.07) is 7.09. The standard InChI is InChI=1S/C14H17ClN4O/c1-9(16)11-5-4-10(8-12(11)15)19-7-6-13(17-19)14(20)18(2)3/h4-9H,16H2,1-3H3. The van der Waals surface area contributed by atoms with Gasteiger partial charge in [0.2, 0.25) is 0 Å². The van der Waals surface area contributed by atoms with Crippen molar-refractivity contribution in [1.29, 1.82) is 0 Å². The van der Waals surface area contributed by atoms with Crippen LogP contribution in [0.3, 0.4) is 0 Å². The summed E-state index contributed by atoms with van der Waals surface area (Å²) < 4.78 is 1.62. The summed E-state index contributed by atoms with van der Waals surface area (Å²) in [5.41, 5.74) is 7.89. The summed E-state index contributed by atoms with van der Waals surface area (Å²) in [6.45, 7) is 1.88. The first-order valence-corrected chi connectivity index (χ1v) is 6.60. The monoisotopic (exact) mass is 292 g/mol. The lowest BCUT2D eigenvalue weighted by molar-refractivity contribution is 0.0821. The highest BCUT2D eigenvalue weighted by molar-refractivity contribution is 6.31. The number of carbonyl (C=O) groups excluding carboxylic acids is 1. The van der Waals surface area contributed by atoms with Crippen molar-refractivity contribution < 1.29 is 4.79 Å². The molecule has 0 fully saturated rings. The minimum Gasteiger partial charge on any atom is -0.343 e. The van der Waals surface area contributed by atoms with Crippen molar-refractivity contribution in [3.63, 3.8) is 0 Å². The minimum atomic E-state index is -0.137. The lowest BCUT2D eigenvalue weighted by Crippen LogP contribution is -2.22. The Morgan fingerprint density at radius 1 is 1.40 bits per heavy atom. The zero-order valence-corrected chi connectivity index (χ0v) is 12.4. The molecule has 5 nitrogen and oxygen atoms in total. The molecule has 0 saturated heterocycles. The van der Waals surface area contributed by atoms with E-state index in [0.717, 1.165) is 11.3 Å². The molecule has 1 amide bonds. The third kappa shape index (κ3) is 2.84. The van der Waals surface area contributed by atoms with Gasteiger partial charge in [-0.3, -0.25) is 4.79 Å². The van der Waals surface area contributed by atoms with E-state index in [1.165, 1.54) is 4.90 Å². The topological polar surface area (TPSA) is 64.2 Å². The molecule has 0 aliphatic rings. The van der Waals surface area contributed by atoms with E-state index in [2.05, 4.69) is 5.10 Å². The van der Waals surface area contributed by atoms with Crippen LogP contribution in [0.15, 0.2) is 30.5 Å². The van der Waals surface area contributed by atoms with Gasteiger partial charge in [0, 0.05) is 31.4 Å². The number of rotatable bonds is 3. The molecule has 1 aromatic heterocycles. The first-order valence-electron chi connectivity index (χ1n) is 6.23. The van der Waals surface area contributed by atoms with Crippen LogP contribution in [0, 0.1) is 0 Å². The Balaban J connectivity index is 2.33. The van der Waals surface area contributed by atoms with Crippen LogP contribution >= 0.6 is 11.6 Å². The van der Waals surface area contributed by atoms with Crippen molar-refractivity contribution in [3.05, 3.63) is 46.7 Å². The Kier molecular flexibility index (Phi) is 4.11. The maximum Gasteiger partial charge on any atom is 0.273 e. The summed E-state index contributed by atoms with van der Waals surface area (Å²) in [6.07, 6.45) is 1.73. The molecule has 1 aromatic carbocycles. The van der Waals surface area contributed by atoms with E-state index in [1.807, 2.05) is 19.1 Å². The number of halogens is 1. The molecule has 1 unspecified atom stereocenters. The highest BCUT2D eigenvalue weighted by Gasteiger charge is 2.13. The average Bonchev–Trinajstić information content (AvgIpc) is 2.86. The van der Waals surface area contributed by atoms with Crippen LogP contribution in [0.5, 0.6) is 0 Å². The molecule has 2 rings (SSSR count). The molecule has 0 aliphatic heterocycles. The molecular weight excluding hydrogens is 276 g/mol. The highest BCUT2D eigenvalue weighted by atomic mass is 35.5. The minimum absolute atomic E-state index is 0.125. The lowest BCUT2D eigenvalue weighted by atomic mass is 10.1. The van der Waals surface area contributed by atoms with Crippen molar-refractivity contribution in [1.82, 2.24) is 14.7 Å². The van der Waals surface area contributed by atoms with Crippen LogP contribution < -0.4 is 5.73 Å². The summed E-state index contributed by atoms with van der Waals surface area (Å²) in [5, 5.41) is 4.84. The first kappa shape index (κ1) is 14.6. The van der Waals surface area contributed by atoms with Gasteiger partial charge in [0.05, 0.1) is 5.69 Å². The predicted octanol–water partition coefficient (Wildman–Crippen LogP) is 2.25. The van der Waals surface area contributed by atoms with Crippen LogP contribution in [-0.2, 0) is 0 Å². The Labute approximate surface area is 122 Å². The van der Waals surface area contributed by atoms with Crippen LogP contribution in [0.1, 0.15) is 29.0 Å². The number of nitrogens with two attached hydrogens (primary N) is 1.